The molecule has 0 bridgehead atoms. The average molecular weight is 402 g/mol. The van der Waals surface area contributed by atoms with Crippen molar-refractivity contribution in [3.8, 4) is 11.3 Å². The Morgan fingerprint density at radius 2 is 1.83 bits per heavy atom. The third kappa shape index (κ3) is 3.27. The molecule has 8 nitrogen and oxygen atoms in total. The molecule has 5 rings (SSSR count). The molecule has 142 valence electrons. The third-order valence-electron chi connectivity index (χ3n) is 4.46. The van der Waals surface area contributed by atoms with E-state index in [9.17, 15) is 9.59 Å². The van der Waals surface area contributed by atoms with Gasteiger partial charge in [-0.15, -0.1) is 5.10 Å². The van der Waals surface area contributed by atoms with Gasteiger partial charge in [-0.05, 0) is 6.07 Å². The third-order valence-corrected chi connectivity index (χ3v) is 5.30. The summed E-state index contributed by atoms with van der Waals surface area (Å²) in [5.74, 6) is -0.269. The number of aromatic amines is 1. The lowest BCUT2D eigenvalue weighted by atomic mass is 10.1. The molecule has 0 saturated carbocycles. The van der Waals surface area contributed by atoms with Crippen LogP contribution in [0.5, 0.6) is 0 Å². The van der Waals surface area contributed by atoms with E-state index in [1.807, 2.05) is 42.6 Å². The van der Waals surface area contributed by atoms with Crippen LogP contribution in [-0.2, 0) is 11.2 Å². The summed E-state index contributed by atoms with van der Waals surface area (Å²) in [4.78, 5) is 29.6. The monoisotopic (exact) mass is 402 g/mol. The topological polar surface area (TPSA) is 105 Å². The number of amides is 1. The van der Waals surface area contributed by atoms with Crippen LogP contribution in [0.2, 0.25) is 0 Å². The van der Waals surface area contributed by atoms with E-state index in [1.165, 1.54) is 11.3 Å². The number of hydrogen-bond donors (Lipinski definition) is 2. The normalized spacial score (nSPS) is 11.2. The van der Waals surface area contributed by atoms with Crippen LogP contribution >= 0.6 is 11.3 Å². The van der Waals surface area contributed by atoms with Crippen LogP contribution in [0.1, 0.15) is 5.69 Å². The van der Waals surface area contributed by atoms with Crippen molar-refractivity contribution in [2.45, 2.75) is 6.42 Å². The zero-order valence-electron chi connectivity index (χ0n) is 15.0. The zero-order chi connectivity index (χ0) is 19.8. The van der Waals surface area contributed by atoms with Crippen LogP contribution in [0, 0.1) is 0 Å². The summed E-state index contributed by atoms with van der Waals surface area (Å²) < 4.78 is 1.65. The Morgan fingerprint density at radius 1 is 1.07 bits per heavy atom. The number of nitrogens with one attached hydrogen (secondary N) is 2. The maximum atomic E-state index is 12.5. The summed E-state index contributed by atoms with van der Waals surface area (Å²) in [6.45, 7) is 0. The molecule has 29 heavy (non-hydrogen) atoms. The number of imidazole rings is 1. The van der Waals surface area contributed by atoms with Gasteiger partial charge in [0.25, 0.3) is 5.56 Å². The van der Waals surface area contributed by atoms with E-state index >= 15 is 0 Å². The van der Waals surface area contributed by atoms with E-state index in [0.29, 0.717) is 26.6 Å². The SMILES string of the molecule is O=C(Cc1n[nH]c(=O)c2ccccc12)Nc1nn2cc(-c3ccccc3)nc2s1. The van der Waals surface area contributed by atoms with E-state index in [0.717, 1.165) is 11.3 Å². The van der Waals surface area contributed by atoms with Crippen LogP contribution in [0.3, 0.4) is 0 Å². The van der Waals surface area contributed by atoms with Gasteiger partial charge in [0.05, 0.1) is 29.4 Å². The van der Waals surface area contributed by atoms with Gasteiger partial charge >= 0.3 is 0 Å². The summed E-state index contributed by atoms with van der Waals surface area (Å²) in [5, 5.41) is 15.2. The van der Waals surface area contributed by atoms with Gasteiger partial charge in [0, 0.05) is 10.9 Å². The highest BCUT2D eigenvalue weighted by atomic mass is 32.1. The molecule has 0 fully saturated rings. The van der Waals surface area contributed by atoms with Crippen LogP contribution in [0.25, 0.3) is 27.0 Å². The second-order valence-electron chi connectivity index (χ2n) is 6.40. The largest absolute Gasteiger partial charge is 0.300 e. The van der Waals surface area contributed by atoms with Crippen molar-refractivity contribution in [3.05, 3.63) is 76.8 Å². The summed E-state index contributed by atoms with van der Waals surface area (Å²) >= 11 is 1.29. The Morgan fingerprint density at radius 3 is 2.62 bits per heavy atom. The molecule has 0 aliphatic carbocycles. The fraction of sp³-hybridized carbons (Fsp3) is 0.0500. The van der Waals surface area contributed by atoms with Crippen molar-refractivity contribution >= 4 is 38.1 Å². The van der Waals surface area contributed by atoms with Gasteiger partial charge in [-0.1, -0.05) is 59.9 Å². The zero-order valence-corrected chi connectivity index (χ0v) is 15.8. The van der Waals surface area contributed by atoms with Gasteiger partial charge in [0.1, 0.15) is 0 Å². The van der Waals surface area contributed by atoms with Gasteiger partial charge in [-0.3, -0.25) is 9.59 Å². The highest BCUT2D eigenvalue weighted by molar-refractivity contribution is 7.20. The predicted octanol–water partition coefficient (Wildman–Crippen LogP) is 2.88. The first-order valence-corrected chi connectivity index (χ1v) is 9.67. The molecule has 2 N–H and O–H groups in total. The minimum atomic E-state index is -0.278. The van der Waals surface area contributed by atoms with Crippen molar-refractivity contribution < 1.29 is 4.79 Å². The molecule has 0 spiro atoms. The van der Waals surface area contributed by atoms with E-state index in [4.69, 9.17) is 0 Å². The molecule has 9 heteroatoms. The molecule has 5 aromatic rings. The minimum absolute atomic E-state index is 0.0223. The molecule has 0 unspecified atom stereocenters. The first-order chi connectivity index (χ1) is 14.2. The molecule has 0 radical (unpaired) electrons. The second-order valence-corrected chi connectivity index (χ2v) is 7.35. The Balaban J connectivity index is 1.36. The van der Waals surface area contributed by atoms with Crippen molar-refractivity contribution in [1.82, 2.24) is 24.8 Å². The van der Waals surface area contributed by atoms with Crippen LogP contribution < -0.4 is 10.9 Å². The first kappa shape index (κ1) is 17.3. The number of fused-ring (bicyclic) bond motifs is 2. The molecule has 0 saturated heterocycles. The lowest BCUT2D eigenvalue weighted by molar-refractivity contribution is -0.115. The van der Waals surface area contributed by atoms with Crippen molar-refractivity contribution in [2.24, 2.45) is 0 Å². The Kier molecular flexibility index (Phi) is 4.14. The van der Waals surface area contributed by atoms with E-state index in [-0.39, 0.29) is 17.9 Å². The maximum absolute atomic E-state index is 12.5. The number of hydrogen-bond acceptors (Lipinski definition) is 6. The van der Waals surface area contributed by atoms with Gasteiger partial charge in [0.2, 0.25) is 16.0 Å². The number of benzene rings is 2. The van der Waals surface area contributed by atoms with Gasteiger partial charge in [-0.2, -0.15) is 5.10 Å². The van der Waals surface area contributed by atoms with Gasteiger partial charge in [0.15, 0.2) is 0 Å². The molecule has 2 aromatic carbocycles. The fourth-order valence-electron chi connectivity index (χ4n) is 3.12. The highest BCUT2D eigenvalue weighted by Gasteiger charge is 2.14. The molecule has 0 atom stereocenters. The lowest BCUT2D eigenvalue weighted by Gasteiger charge is -2.04. The standard InChI is InChI=1S/C20H14N6O2S/c27-17(10-15-13-8-4-5-9-14(13)18(28)24-23-15)22-19-25-26-11-16(21-20(26)29-19)12-6-2-1-3-7-12/h1-9,11H,10H2,(H,24,28)(H,22,25,27). The van der Waals surface area contributed by atoms with Crippen LogP contribution in [0.15, 0.2) is 65.6 Å². The number of H-pyrrole nitrogens is 1. The number of anilines is 1. The maximum Gasteiger partial charge on any atom is 0.272 e. The number of carbonyl (C=O) groups is 1. The Labute approximate surface area is 167 Å². The molecule has 0 aliphatic heterocycles. The smallest absolute Gasteiger partial charge is 0.272 e. The number of nitrogens with zero attached hydrogens (tertiary/aromatic N) is 4. The van der Waals surface area contributed by atoms with Gasteiger partial charge < -0.3 is 5.32 Å². The molecular weight excluding hydrogens is 388 g/mol. The molecule has 1 amide bonds. The van der Waals surface area contributed by atoms with Crippen molar-refractivity contribution in [2.75, 3.05) is 5.32 Å². The Bertz CT molecular complexity index is 1370. The molecule has 0 aliphatic rings. The van der Waals surface area contributed by atoms with Crippen LogP contribution in [0.4, 0.5) is 5.13 Å². The molecular formula is C20H14N6O2S. The fourth-order valence-corrected chi connectivity index (χ4v) is 3.92. The van der Waals surface area contributed by atoms with Gasteiger partial charge in [-0.25, -0.2) is 14.6 Å². The number of aromatic nitrogens is 5. The average Bonchev–Trinajstić information content (AvgIpc) is 3.30. The summed E-state index contributed by atoms with van der Waals surface area (Å²) in [6, 6.07) is 16.9. The number of carbonyl (C=O) groups excluding carboxylic acids is 1. The summed E-state index contributed by atoms with van der Waals surface area (Å²) in [6.07, 6.45) is 1.85. The summed E-state index contributed by atoms with van der Waals surface area (Å²) in [7, 11) is 0. The highest BCUT2D eigenvalue weighted by Crippen LogP contribution is 2.24. The Hall–Kier alpha value is -3.85. The molecule has 3 aromatic heterocycles. The second kappa shape index (κ2) is 6.95. The minimum Gasteiger partial charge on any atom is -0.300 e. The van der Waals surface area contributed by atoms with E-state index in [2.05, 4.69) is 25.6 Å². The van der Waals surface area contributed by atoms with Crippen LogP contribution in [-0.4, -0.2) is 30.7 Å². The van der Waals surface area contributed by atoms with E-state index in [1.54, 1.807) is 22.7 Å². The van der Waals surface area contributed by atoms with E-state index < -0.39 is 0 Å². The van der Waals surface area contributed by atoms with Crippen molar-refractivity contribution in [3.63, 3.8) is 0 Å². The predicted molar refractivity (Wildman–Crippen MR) is 111 cm³/mol. The molecule has 3 heterocycles. The van der Waals surface area contributed by atoms with Crippen molar-refractivity contribution in [1.29, 1.82) is 0 Å². The number of rotatable bonds is 4. The lowest BCUT2D eigenvalue weighted by Crippen LogP contribution is -2.18. The summed E-state index contributed by atoms with van der Waals surface area (Å²) in [5.41, 5.74) is 2.06. The first-order valence-electron chi connectivity index (χ1n) is 8.85. The quantitative estimate of drug-likeness (QED) is 0.481.